The number of rotatable bonds is 1. The van der Waals surface area contributed by atoms with Gasteiger partial charge in [-0.3, -0.25) is 0 Å². The molecule has 1 saturated heterocycles. The van der Waals surface area contributed by atoms with E-state index in [1.54, 1.807) is 11.9 Å². The summed E-state index contributed by atoms with van der Waals surface area (Å²) in [4.78, 5) is 16.4. The van der Waals surface area contributed by atoms with Crippen molar-refractivity contribution in [2.24, 2.45) is 4.99 Å². The molecule has 0 aromatic rings. The fourth-order valence-electron chi connectivity index (χ4n) is 0.849. The first-order chi connectivity index (χ1) is 5.74. The number of carbonyl (C=O) groups excluding carboxylic acids is 1. The summed E-state index contributed by atoms with van der Waals surface area (Å²) >= 11 is 0. The Morgan fingerprint density at radius 1 is 1.83 bits per heavy atom. The van der Waals surface area contributed by atoms with Crippen LogP contribution in [-0.2, 0) is 9.36 Å². The number of carbonyl (C=O) groups is 1. The average molecular weight is 185 g/mol. The van der Waals surface area contributed by atoms with Crippen molar-refractivity contribution < 1.29 is 9.36 Å². The van der Waals surface area contributed by atoms with Crippen LogP contribution in [0.3, 0.4) is 0 Å². The van der Waals surface area contributed by atoms with Crippen LogP contribution >= 0.6 is 7.92 Å². The molecule has 1 rings (SSSR count). The minimum atomic E-state index is -0.162. The Kier molecular flexibility index (Phi) is 3.09. The Morgan fingerprint density at radius 3 is 3.08 bits per heavy atom. The van der Waals surface area contributed by atoms with Crippen LogP contribution in [0, 0.1) is 5.63 Å². The molecule has 0 aromatic carbocycles. The monoisotopic (exact) mass is 185 g/mol. The van der Waals surface area contributed by atoms with Crippen molar-refractivity contribution in [1.82, 2.24) is 10.2 Å². The molecular weight excluding hydrogens is 177 g/mol. The van der Waals surface area contributed by atoms with E-state index in [9.17, 15) is 9.36 Å². The molecule has 1 amide bonds. The number of hydrogen-bond acceptors (Lipinski definition) is 3. The van der Waals surface area contributed by atoms with E-state index in [1.165, 1.54) is 0 Å². The average Bonchev–Trinajstić information content (AvgIpc) is 2.31. The number of amides is 1. The molecule has 12 heavy (non-hydrogen) atoms. The molecular formula is C6H8N3O2P. The van der Waals surface area contributed by atoms with Crippen molar-refractivity contribution in [3.63, 3.8) is 0 Å². The minimum absolute atomic E-state index is 0.0732. The summed E-state index contributed by atoms with van der Waals surface area (Å²) < 4.78 is 9.94. The summed E-state index contributed by atoms with van der Waals surface area (Å²) in [5, 5.41) is 2.55. The second-order valence-electron chi connectivity index (χ2n) is 2.29. The van der Waals surface area contributed by atoms with Crippen molar-refractivity contribution in [3.8, 4) is 5.63 Å². The van der Waals surface area contributed by atoms with Crippen molar-refractivity contribution in [2.75, 3.05) is 20.1 Å². The van der Waals surface area contributed by atoms with E-state index in [-0.39, 0.29) is 20.4 Å². The molecule has 0 radical (unpaired) electrons. The van der Waals surface area contributed by atoms with Gasteiger partial charge in [-0.25, -0.2) is 0 Å². The number of likely N-dealkylation sites (N-methyl/N-ethyl adjacent to an activating group) is 1. The third-order valence-corrected chi connectivity index (χ3v) is 1.63. The SMILES string of the molecule is CN1CC(=O)NC1=NCC#P=O. The van der Waals surface area contributed by atoms with Crippen molar-refractivity contribution >= 4 is 19.8 Å². The third-order valence-electron chi connectivity index (χ3n) is 1.36. The predicted octanol–water partition coefficient (Wildman–Crippen LogP) is -0.345. The van der Waals surface area contributed by atoms with Crippen LogP contribution in [0.5, 0.6) is 0 Å². The molecule has 1 N–H and O–H groups in total. The predicted molar refractivity (Wildman–Crippen MR) is 44.6 cm³/mol. The quantitative estimate of drug-likeness (QED) is 0.568. The van der Waals surface area contributed by atoms with Gasteiger partial charge in [0, 0.05) is 0 Å². The Morgan fingerprint density at radius 2 is 2.58 bits per heavy atom. The van der Waals surface area contributed by atoms with E-state index in [1.807, 2.05) is 0 Å². The third kappa shape index (κ3) is 2.22. The molecule has 5 nitrogen and oxygen atoms in total. The van der Waals surface area contributed by atoms with E-state index in [2.05, 4.69) is 15.9 Å². The number of aliphatic imine (C=N–C) groups is 1. The van der Waals surface area contributed by atoms with Gasteiger partial charge in [-0.15, -0.1) is 0 Å². The molecule has 0 bridgehead atoms. The number of nitrogens with one attached hydrogen (secondary N) is 1. The molecule has 1 aliphatic heterocycles. The van der Waals surface area contributed by atoms with Crippen LogP contribution in [0.2, 0.25) is 0 Å². The first kappa shape index (κ1) is 9.04. The van der Waals surface area contributed by atoms with Gasteiger partial charge in [-0.2, -0.15) is 0 Å². The van der Waals surface area contributed by atoms with Gasteiger partial charge in [0.15, 0.2) is 0 Å². The maximum atomic E-state index is 10.8. The Balaban J connectivity index is 2.60. The Hall–Kier alpha value is -1.05. The van der Waals surface area contributed by atoms with E-state index >= 15 is 0 Å². The molecule has 0 spiro atoms. The zero-order valence-corrected chi connectivity index (χ0v) is 7.47. The molecule has 1 fully saturated rings. The summed E-state index contributed by atoms with van der Waals surface area (Å²) in [5.41, 5.74) is 2.46. The molecule has 0 aliphatic carbocycles. The second-order valence-corrected chi connectivity index (χ2v) is 2.79. The fraction of sp³-hybridized carbons (Fsp3) is 0.500. The maximum absolute atomic E-state index is 10.8. The molecule has 0 unspecified atom stereocenters. The summed E-state index contributed by atoms with van der Waals surface area (Å²) in [6.45, 7) is 0.554. The Labute approximate surface area is 71.0 Å². The van der Waals surface area contributed by atoms with Gasteiger partial charge < -0.3 is 0 Å². The van der Waals surface area contributed by atoms with E-state index in [4.69, 9.17) is 0 Å². The van der Waals surface area contributed by atoms with Crippen LogP contribution in [0.15, 0.2) is 4.99 Å². The zero-order chi connectivity index (χ0) is 8.97. The van der Waals surface area contributed by atoms with Crippen LogP contribution in [0.25, 0.3) is 0 Å². The topological polar surface area (TPSA) is 61.8 Å². The summed E-state index contributed by atoms with van der Waals surface area (Å²) in [6, 6.07) is 0. The van der Waals surface area contributed by atoms with Crippen LogP contribution in [-0.4, -0.2) is 36.9 Å². The van der Waals surface area contributed by atoms with E-state index in [0.29, 0.717) is 12.5 Å². The van der Waals surface area contributed by atoms with Gasteiger partial charge in [-0.1, -0.05) is 0 Å². The van der Waals surface area contributed by atoms with Crippen molar-refractivity contribution in [1.29, 1.82) is 0 Å². The van der Waals surface area contributed by atoms with Crippen LogP contribution in [0.1, 0.15) is 0 Å². The van der Waals surface area contributed by atoms with Gasteiger partial charge in [0.25, 0.3) is 0 Å². The van der Waals surface area contributed by atoms with Crippen molar-refractivity contribution in [3.05, 3.63) is 0 Å². The summed E-state index contributed by atoms with van der Waals surface area (Å²) in [7, 11) is 1.59. The first-order valence-corrected chi connectivity index (χ1v) is 4.16. The standard InChI is InChI=1S/C6H8N3O2P/c1-9-4-5(10)8-6(9)7-2-3-12-11/h2,4H2,1H3,(H,7,8,10). The van der Waals surface area contributed by atoms with Gasteiger partial charge in [0.05, 0.1) is 0 Å². The Bertz CT molecular complexity index is 319. The van der Waals surface area contributed by atoms with Gasteiger partial charge in [-0.05, 0) is 0 Å². The van der Waals surface area contributed by atoms with Gasteiger partial charge in [0.2, 0.25) is 0 Å². The molecule has 1 heterocycles. The first-order valence-electron chi connectivity index (χ1n) is 3.34. The second kappa shape index (κ2) is 4.10. The van der Waals surface area contributed by atoms with Crippen molar-refractivity contribution in [2.45, 2.75) is 0 Å². The molecule has 1 aliphatic rings. The fourth-order valence-corrected chi connectivity index (χ4v) is 0.978. The zero-order valence-electron chi connectivity index (χ0n) is 6.57. The molecule has 0 aromatic heterocycles. The molecule has 0 saturated carbocycles. The number of hydrogen-bond donors (Lipinski definition) is 1. The van der Waals surface area contributed by atoms with Crippen LogP contribution in [0.4, 0.5) is 0 Å². The van der Waals surface area contributed by atoms with E-state index in [0.717, 1.165) is 0 Å². The number of guanidine groups is 1. The molecule has 6 heteroatoms. The van der Waals surface area contributed by atoms with Gasteiger partial charge in [0.1, 0.15) is 0 Å². The normalized spacial score (nSPS) is 19.2. The summed E-state index contributed by atoms with van der Waals surface area (Å²) in [6.07, 6.45) is 0. The van der Waals surface area contributed by atoms with Crippen LogP contribution < -0.4 is 5.32 Å². The van der Waals surface area contributed by atoms with Gasteiger partial charge >= 0.3 is 70.1 Å². The number of nitrogens with zero attached hydrogens (tertiary/aromatic N) is 2. The molecule has 0 atom stereocenters. The molecule has 64 valence electrons. The van der Waals surface area contributed by atoms with E-state index < -0.39 is 0 Å². The summed E-state index contributed by atoms with van der Waals surface area (Å²) in [5.74, 6) is 0.437.